The van der Waals surface area contributed by atoms with Crippen molar-refractivity contribution in [1.82, 2.24) is 0 Å². The highest BCUT2D eigenvalue weighted by atomic mass is 32.1. The van der Waals surface area contributed by atoms with Crippen LogP contribution in [0.5, 0.6) is 0 Å². The molecule has 0 bridgehead atoms. The van der Waals surface area contributed by atoms with E-state index >= 15 is 0 Å². The lowest BCUT2D eigenvalue weighted by molar-refractivity contribution is 0.0603. The highest BCUT2D eigenvalue weighted by Crippen LogP contribution is 2.36. The number of nitrogens with two attached hydrogens (primary N) is 2. The van der Waals surface area contributed by atoms with Crippen LogP contribution in [0.1, 0.15) is 53.6 Å². The summed E-state index contributed by atoms with van der Waals surface area (Å²) in [6, 6.07) is 0.141. The lowest BCUT2D eigenvalue weighted by atomic mass is 10.0. The van der Waals surface area contributed by atoms with E-state index in [-0.39, 0.29) is 22.2 Å². The summed E-state index contributed by atoms with van der Waals surface area (Å²) in [5.74, 6) is -0.665. The van der Waals surface area contributed by atoms with Gasteiger partial charge in [-0.1, -0.05) is 20.3 Å². The first-order valence-electron chi connectivity index (χ1n) is 6.88. The van der Waals surface area contributed by atoms with E-state index in [1.807, 2.05) is 6.92 Å². The van der Waals surface area contributed by atoms with Gasteiger partial charge in [0.2, 0.25) is 0 Å². The number of hydrogen-bond donors (Lipinski definition) is 3. The van der Waals surface area contributed by atoms with Crippen molar-refractivity contribution >= 4 is 33.9 Å². The van der Waals surface area contributed by atoms with Gasteiger partial charge in [-0.05, 0) is 19.3 Å². The summed E-state index contributed by atoms with van der Waals surface area (Å²) in [6.07, 6.45) is 2.02. The van der Waals surface area contributed by atoms with Crippen molar-refractivity contribution in [2.45, 2.75) is 39.7 Å². The lowest BCUT2D eigenvalue weighted by Crippen LogP contribution is -2.19. The smallest absolute Gasteiger partial charge is 0.343 e. The van der Waals surface area contributed by atoms with Crippen LogP contribution in [0.15, 0.2) is 0 Å². The number of rotatable bonds is 7. The number of primary amides is 1. The van der Waals surface area contributed by atoms with Crippen molar-refractivity contribution in [2.24, 2.45) is 11.7 Å². The van der Waals surface area contributed by atoms with Gasteiger partial charge in [-0.3, -0.25) is 4.79 Å². The van der Waals surface area contributed by atoms with E-state index in [1.165, 1.54) is 7.11 Å². The van der Waals surface area contributed by atoms with E-state index in [1.54, 1.807) is 0 Å². The van der Waals surface area contributed by atoms with Gasteiger partial charge in [0.25, 0.3) is 5.91 Å². The maximum absolute atomic E-state index is 11.9. The van der Waals surface area contributed by atoms with Gasteiger partial charge >= 0.3 is 5.97 Å². The number of methoxy groups -OCH3 is 1. The summed E-state index contributed by atoms with van der Waals surface area (Å²) in [5.41, 5.74) is 11.4. The molecule has 2 unspecified atom stereocenters. The Hall–Kier alpha value is -1.76. The Kier molecular flexibility index (Phi) is 6.02. The van der Waals surface area contributed by atoms with Gasteiger partial charge in [-0.25, -0.2) is 4.79 Å². The molecule has 0 saturated heterocycles. The fourth-order valence-electron chi connectivity index (χ4n) is 2.09. The third kappa shape index (κ3) is 4.10. The fraction of sp³-hybridized carbons (Fsp3) is 0.571. The van der Waals surface area contributed by atoms with Crippen LogP contribution in [-0.4, -0.2) is 25.0 Å². The van der Waals surface area contributed by atoms with Gasteiger partial charge in [-0.2, -0.15) is 0 Å². The van der Waals surface area contributed by atoms with Crippen LogP contribution in [0.3, 0.4) is 0 Å². The second-order valence-corrected chi connectivity index (χ2v) is 6.22. The molecule has 0 aliphatic rings. The highest BCUT2D eigenvalue weighted by molar-refractivity contribution is 7.19. The summed E-state index contributed by atoms with van der Waals surface area (Å²) in [5, 5.41) is 3.77. The standard InChI is InChI=1S/C14H23N3O3S/c1-5-7(2)6-8(3)17-13-9(14(19)20-4)10(15)11(21-13)12(16)18/h7-8,17H,5-6,15H2,1-4H3,(H2,16,18). The molecule has 1 amide bonds. The van der Waals surface area contributed by atoms with E-state index in [0.717, 1.165) is 24.2 Å². The summed E-state index contributed by atoms with van der Waals surface area (Å²) < 4.78 is 4.73. The second kappa shape index (κ2) is 7.31. The van der Waals surface area contributed by atoms with Crippen molar-refractivity contribution in [2.75, 3.05) is 18.2 Å². The predicted octanol–water partition coefficient (Wildman–Crippen LogP) is 2.45. The van der Waals surface area contributed by atoms with Crippen molar-refractivity contribution < 1.29 is 14.3 Å². The summed E-state index contributed by atoms with van der Waals surface area (Å²) in [7, 11) is 1.27. The van der Waals surface area contributed by atoms with E-state index in [0.29, 0.717) is 10.9 Å². The Labute approximate surface area is 128 Å². The Balaban J connectivity index is 3.07. The van der Waals surface area contributed by atoms with Gasteiger partial charge in [0.05, 0.1) is 12.8 Å². The first-order valence-corrected chi connectivity index (χ1v) is 7.70. The normalized spacial score (nSPS) is 13.5. The monoisotopic (exact) mass is 313 g/mol. The quantitative estimate of drug-likeness (QED) is 0.670. The number of thiophene rings is 1. The molecule has 1 heterocycles. The van der Waals surface area contributed by atoms with Crippen LogP contribution >= 0.6 is 11.3 Å². The highest BCUT2D eigenvalue weighted by Gasteiger charge is 2.26. The maximum atomic E-state index is 11.9. The number of nitrogens with one attached hydrogen (secondary N) is 1. The molecule has 1 rings (SSSR count). The minimum atomic E-state index is -0.648. The topological polar surface area (TPSA) is 107 Å². The number of carbonyl (C=O) groups excluding carboxylic acids is 2. The largest absolute Gasteiger partial charge is 0.465 e. The van der Waals surface area contributed by atoms with E-state index in [4.69, 9.17) is 16.2 Å². The first-order chi connectivity index (χ1) is 9.81. The molecule has 0 aliphatic carbocycles. The van der Waals surface area contributed by atoms with Crippen molar-refractivity contribution in [3.05, 3.63) is 10.4 Å². The average Bonchev–Trinajstić information content (AvgIpc) is 2.74. The third-order valence-electron chi connectivity index (χ3n) is 3.39. The molecule has 0 radical (unpaired) electrons. The number of hydrogen-bond acceptors (Lipinski definition) is 6. The number of amides is 1. The molecule has 0 spiro atoms. The Morgan fingerprint density at radius 2 is 2.00 bits per heavy atom. The molecule has 7 heteroatoms. The van der Waals surface area contributed by atoms with Crippen LogP contribution in [-0.2, 0) is 4.74 Å². The molecule has 5 N–H and O–H groups in total. The molecule has 6 nitrogen and oxygen atoms in total. The van der Waals surface area contributed by atoms with Crippen LogP contribution in [0.2, 0.25) is 0 Å². The molecule has 118 valence electrons. The zero-order chi connectivity index (χ0) is 16.2. The van der Waals surface area contributed by atoms with Gasteiger partial charge in [0.15, 0.2) is 0 Å². The molecule has 2 atom stereocenters. The summed E-state index contributed by atoms with van der Waals surface area (Å²) in [4.78, 5) is 23.4. The maximum Gasteiger partial charge on any atom is 0.343 e. The van der Waals surface area contributed by atoms with Crippen molar-refractivity contribution in [3.63, 3.8) is 0 Å². The lowest BCUT2D eigenvalue weighted by Gasteiger charge is -2.18. The Bertz CT molecular complexity index is 528. The molecule has 0 saturated carbocycles. The number of esters is 1. The van der Waals surface area contributed by atoms with Gasteiger partial charge < -0.3 is 21.5 Å². The SMILES string of the molecule is CCC(C)CC(C)Nc1sc(C(N)=O)c(N)c1C(=O)OC. The number of ether oxygens (including phenoxy) is 1. The van der Waals surface area contributed by atoms with Gasteiger partial charge in [-0.15, -0.1) is 11.3 Å². The van der Waals surface area contributed by atoms with E-state index < -0.39 is 11.9 Å². The molecule has 0 aromatic carbocycles. The van der Waals surface area contributed by atoms with Crippen LogP contribution in [0, 0.1) is 5.92 Å². The minimum absolute atomic E-state index is 0.0811. The van der Waals surface area contributed by atoms with Crippen molar-refractivity contribution in [1.29, 1.82) is 0 Å². The van der Waals surface area contributed by atoms with Crippen molar-refractivity contribution in [3.8, 4) is 0 Å². The zero-order valence-corrected chi connectivity index (χ0v) is 13.7. The summed E-state index contributed by atoms with van der Waals surface area (Å²) in [6.45, 7) is 6.32. The van der Waals surface area contributed by atoms with E-state index in [9.17, 15) is 9.59 Å². The van der Waals surface area contributed by atoms with Crippen LogP contribution in [0.25, 0.3) is 0 Å². The minimum Gasteiger partial charge on any atom is -0.465 e. The first kappa shape index (κ1) is 17.3. The Morgan fingerprint density at radius 3 is 2.48 bits per heavy atom. The zero-order valence-electron chi connectivity index (χ0n) is 12.9. The molecule has 1 aromatic heterocycles. The average molecular weight is 313 g/mol. The molecular weight excluding hydrogens is 290 g/mol. The van der Waals surface area contributed by atoms with E-state index in [2.05, 4.69) is 19.2 Å². The third-order valence-corrected chi connectivity index (χ3v) is 4.54. The molecule has 0 fully saturated rings. The number of nitrogen functional groups attached to an aromatic ring is 1. The molecule has 1 aromatic rings. The van der Waals surface area contributed by atoms with Crippen LogP contribution < -0.4 is 16.8 Å². The predicted molar refractivity (Wildman–Crippen MR) is 85.7 cm³/mol. The number of carbonyl (C=O) groups is 2. The number of anilines is 2. The Morgan fingerprint density at radius 1 is 1.38 bits per heavy atom. The second-order valence-electron chi connectivity index (χ2n) is 5.20. The van der Waals surface area contributed by atoms with Crippen LogP contribution in [0.4, 0.5) is 10.7 Å². The molecule has 0 aliphatic heterocycles. The molecular formula is C14H23N3O3S. The molecule has 21 heavy (non-hydrogen) atoms. The summed E-state index contributed by atoms with van der Waals surface area (Å²) >= 11 is 1.09. The van der Waals surface area contributed by atoms with Gasteiger partial charge in [0.1, 0.15) is 15.4 Å². The van der Waals surface area contributed by atoms with Gasteiger partial charge in [0, 0.05) is 6.04 Å². The fourth-order valence-corrected chi connectivity index (χ4v) is 3.16.